The summed E-state index contributed by atoms with van der Waals surface area (Å²) in [5.41, 5.74) is 8.09. The number of rotatable bonds is 13. The molecule has 0 saturated carbocycles. The molecule has 0 N–H and O–H groups in total. The molecule has 0 atom stereocenters. The summed E-state index contributed by atoms with van der Waals surface area (Å²) in [5, 5.41) is 15.1. The van der Waals surface area contributed by atoms with E-state index in [0.29, 0.717) is 55.6 Å². The SMILES string of the molecule is [2H]c1c([2H])c(N(c2c([2H])c([2H])c(-c3c(-c4ccccc4)c4ccccc4c4ccccc34)c([2H])c2[2H])c2cc3ccccc3c3ccccc23)c([2H])c([2H])c1-c1ccccc1-c1ccccc1.[2H]c1c([2H])c(N(c2c([2H])c([2H])c(-c3cccc4c3oc3ccccc34)c([2H])c2[2H])c2cc3ccccc3c3ccccc23)c([2H])c([2H])c1-c1c(-c2ccccc2)c2ccccc2c2ccccc12. The van der Waals surface area contributed by atoms with Gasteiger partial charge in [-0.25, -0.2) is 0 Å². The fourth-order valence-electron chi connectivity index (χ4n) is 17.5. The van der Waals surface area contributed by atoms with Crippen molar-refractivity contribution in [2.24, 2.45) is 0 Å². The van der Waals surface area contributed by atoms with Crippen molar-refractivity contribution < 1.29 is 26.3 Å². The second kappa shape index (κ2) is 29.9. The predicted octanol–water partition coefficient (Wildman–Crippen LogP) is 33.1. The summed E-state index contributed by atoms with van der Waals surface area (Å²) in [4.78, 5) is 2.85. The van der Waals surface area contributed by atoms with E-state index in [9.17, 15) is 21.9 Å². The van der Waals surface area contributed by atoms with Crippen LogP contribution in [0.15, 0.2) is 465 Å². The van der Waals surface area contributed by atoms with Crippen LogP contribution in [0.1, 0.15) is 21.9 Å². The van der Waals surface area contributed by atoms with Crippen molar-refractivity contribution in [1.82, 2.24) is 0 Å². The van der Waals surface area contributed by atoms with Gasteiger partial charge >= 0.3 is 0 Å². The van der Waals surface area contributed by atoms with Gasteiger partial charge in [0.05, 0.1) is 33.3 Å². The highest BCUT2D eigenvalue weighted by Gasteiger charge is 2.25. The molecule has 1 heterocycles. The molecule has 556 valence electrons. The summed E-state index contributed by atoms with van der Waals surface area (Å²) in [6.45, 7) is 0. The molecule has 0 fully saturated rings. The maximum absolute atomic E-state index is 10.1. The lowest BCUT2D eigenvalue weighted by atomic mass is 9.85. The van der Waals surface area contributed by atoms with E-state index in [0.717, 1.165) is 120 Å². The van der Waals surface area contributed by atoms with Crippen LogP contribution in [0.5, 0.6) is 0 Å². The summed E-state index contributed by atoms with van der Waals surface area (Å²) < 4.78 is 165. The van der Waals surface area contributed by atoms with Gasteiger partial charge in [-0.3, -0.25) is 0 Å². The lowest BCUT2D eigenvalue weighted by Gasteiger charge is -2.28. The first-order valence-corrected chi connectivity index (χ1v) is 39.7. The van der Waals surface area contributed by atoms with Gasteiger partial charge in [0.15, 0.2) is 0 Å². The van der Waals surface area contributed by atoms with Crippen LogP contribution in [0.2, 0.25) is 0 Å². The molecule has 23 aromatic rings. The molecule has 0 aliphatic heterocycles. The molecule has 0 spiro atoms. The molecule has 22 aromatic carbocycles. The van der Waals surface area contributed by atoms with Crippen molar-refractivity contribution in [3.8, 4) is 77.9 Å². The number of benzene rings is 22. The highest BCUT2D eigenvalue weighted by molar-refractivity contribution is 6.24. The zero-order valence-electron chi connectivity index (χ0n) is 79.9. The number of para-hydroxylation sites is 2. The van der Waals surface area contributed by atoms with Crippen molar-refractivity contribution in [1.29, 1.82) is 0 Å². The van der Waals surface area contributed by atoms with E-state index < -0.39 is 48.3 Å². The van der Waals surface area contributed by atoms with E-state index in [1.165, 1.54) is 9.80 Å². The van der Waals surface area contributed by atoms with Crippen LogP contribution < -0.4 is 9.80 Å². The molecular formula is C116H76N2O. The molecule has 0 radical (unpaired) electrons. The molecule has 3 nitrogen and oxygen atoms in total. The third-order valence-corrected chi connectivity index (χ3v) is 22.8. The lowest BCUT2D eigenvalue weighted by Crippen LogP contribution is -2.10. The first-order valence-electron chi connectivity index (χ1n) is 47.7. The van der Waals surface area contributed by atoms with Crippen LogP contribution in [0.3, 0.4) is 0 Å². The number of furan rings is 1. The van der Waals surface area contributed by atoms with Gasteiger partial charge in [0.25, 0.3) is 0 Å². The van der Waals surface area contributed by atoms with E-state index >= 15 is 0 Å². The van der Waals surface area contributed by atoms with Crippen LogP contribution in [-0.4, -0.2) is 0 Å². The van der Waals surface area contributed by atoms with Crippen LogP contribution in [-0.2, 0) is 0 Å². The minimum atomic E-state index is -0.431. The predicted molar refractivity (Wildman–Crippen MR) is 508 cm³/mol. The second-order valence-electron chi connectivity index (χ2n) is 29.5. The summed E-state index contributed by atoms with van der Waals surface area (Å²) in [6.07, 6.45) is 0. The zero-order valence-corrected chi connectivity index (χ0v) is 63.9. The van der Waals surface area contributed by atoms with Crippen LogP contribution >= 0.6 is 0 Å². The van der Waals surface area contributed by atoms with Gasteiger partial charge in [-0.2, -0.15) is 0 Å². The van der Waals surface area contributed by atoms with Gasteiger partial charge in [0, 0.05) is 49.9 Å². The van der Waals surface area contributed by atoms with Gasteiger partial charge in [0.1, 0.15) is 11.2 Å². The Labute approximate surface area is 713 Å². The molecule has 3 heteroatoms. The number of hydrogen-bond acceptors (Lipinski definition) is 3. The Bertz CT molecular complexity index is 8800. The Morgan fingerprint density at radius 2 is 0.437 bits per heavy atom. The minimum absolute atomic E-state index is 0.0308. The van der Waals surface area contributed by atoms with Crippen molar-refractivity contribution >= 4 is 142 Å². The van der Waals surface area contributed by atoms with Gasteiger partial charge in [-0.05, 0) is 214 Å². The number of hydrogen-bond donors (Lipinski definition) is 0. The van der Waals surface area contributed by atoms with E-state index in [2.05, 4.69) is 12.1 Å². The van der Waals surface area contributed by atoms with Crippen LogP contribution in [0.4, 0.5) is 34.1 Å². The topological polar surface area (TPSA) is 19.6 Å². The summed E-state index contributed by atoms with van der Waals surface area (Å²) in [6, 6.07) is 110. The van der Waals surface area contributed by atoms with Gasteiger partial charge in [-0.15, -0.1) is 0 Å². The van der Waals surface area contributed by atoms with Crippen molar-refractivity contribution in [3.05, 3.63) is 461 Å². The largest absolute Gasteiger partial charge is 0.455 e. The van der Waals surface area contributed by atoms with Crippen molar-refractivity contribution in [2.75, 3.05) is 9.80 Å². The van der Waals surface area contributed by atoms with Crippen molar-refractivity contribution in [2.45, 2.75) is 0 Å². The molecule has 0 saturated heterocycles. The van der Waals surface area contributed by atoms with E-state index in [4.69, 9.17) is 4.42 Å². The maximum atomic E-state index is 10.1. The summed E-state index contributed by atoms with van der Waals surface area (Å²) in [7, 11) is 0. The molecule has 0 aliphatic rings. The quantitative estimate of drug-likeness (QED) is 0.107. The third kappa shape index (κ3) is 12.4. The minimum Gasteiger partial charge on any atom is -0.455 e. The molecule has 0 bridgehead atoms. The number of nitrogens with zero attached hydrogens (tertiary/aromatic N) is 2. The molecule has 0 aliphatic carbocycles. The van der Waals surface area contributed by atoms with Gasteiger partial charge in [-0.1, -0.05) is 394 Å². The summed E-state index contributed by atoms with van der Waals surface area (Å²) >= 11 is 0. The van der Waals surface area contributed by atoms with E-state index in [1.54, 1.807) is 18.2 Å². The Morgan fingerprint density at radius 1 is 0.176 bits per heavy atom. The monoisotopic (exact) mass is 1530 g/mol. The highest BCUT2D eigenvalue weighted by Crippen LogP contribution is 2.51. The highest BCUT2D eigenvalue weighted by atomic mass is 16.3. The molecule has 23 rings (SSSR count). The Morgan fingerprint density at radius 3 is 0.832 bits per heavy atom. The van der Waals surface area contributed by atoms with E-state index in [-0.39, 0.29) is 93.3 Å². The first-order chi connectivity index (χ1) is 65.8. The Hall–Kier alpha value is -15.7. The standard InChI is InChI=1S/C58H37NO.C58H39N/c1-2-15-39(16-3-1)56-51-24-10-7-20-47(51)48-21-8-11-25-52(48)57(56)40-31-35-43(36-32-40)59(54-37-41-17-4-5-18-44(41)46-19-6-9-22-49(46)54)42-33-29-38(30-34-42)45-26-14-27-53-50-23-12-13-28-55(50)60-58(45)53;1-3-17-40(18-4-1)47-22-9-10-23-48(47)41-31-35-45(36-32-41)59(56-39-44-21-7-8-24-49(44)50-25-11-14-28-53(50)56)46-37-33-43(34-38-46)58-55-30-16-13-27-52(55)51-26-12-15-29-54(51)57(58)42-19-5-2-6-20-42/h1-37H;1-39H/i29D,30D,31D,32D,33D,34D,35D,36D;31D,32D,33D,34D,35D,36D,37D,38D. The second-order valence-corrected chi connectivity index (χ2v) is 29.5. The fraction of sp³-hybridized carbons (Fsp3) is 0. The number of fused-ring (bicyclic) bond motifs is 15. The Kier molecular flexibility index (Phi) is 13.8. The molecular weight excluding hydrogens is 1440 g/mol. The molecule has 0 unspecified atom stereocenters. The maximum Gasteiger partial charge on any atom is 0.143 e. The van der Waals surface area contributed by atoms with Gasteiger partial charge in [0.2, 0.25) is 0 Å². The fourth-order valence-corrected chi connectivity index (χ4v) is 17.5. The van der Waals surface area contributed by atoms with Crippen LogP contribution in [0.25, 0.3) is 186 Å². The summed E-state index contributed by atoms with van der Waals surface area (Å²) in [5.74, 6) is 0. The smallest absolute Gasteiger partial charge is 0.143 e. The van der Waals surface area contributed by atoms with Crippen molar-refractivity contribution in [3.63, 3.8) is 0 Å². The first kappa shape index (κ1) is 54.9. The average Bonchev–Trinajstić information content (AvgIpc) is 0.772. The zero-order chi connectivity index (χ0) is 92.6. The van der Waals surface area contributed by atoms with Gasteiger partial charge < -0.3 is 14.2 Å². The van der Waals surface area contributed by atoms with E-state index in [1.807, 2.05) is 334 Å². The lowest BCUT2D eigenvalue weighted by molar-refractivity contribution is 0.670. The molecule has 0 amide bonds. The number of anilines is 6. The van der Waals surface area contributed by atoms with Crippen LogP contribution in [0, 0.1) is 0 Å². The normalized spacial score (nSPS) is 13.4. The molecule has 1 aromatic heterocycles. The average molecular weight is 1530 g/mol. The molecule has 119 heavy (non-hydrogen) atoms. The third-order valence-electron chi connectivity index (χ3n) is 22.8. The Balaban J connectivity index is 0.000000157.